The summed E-state index contributed by atoms with van der Waals surface area (Å²) in [7, 11) is 2.76. The molecule has 9 nitrogen and oxygen atoms in total. The molecule has 0 saturated carbocycles. The van der Waals surface area contributed by atoms with E-state index in [9.17, 15) is 14.0 Å². The van der Waals surface area contributed by atoms with Crippen LogP contribution >= 0.6 is 0 Å². The highest BCUT2D eigenvalue weighted by atomic mass is 19.1. The van der Waals surface area contributed by atoms with Crippen molar-refractivity contribution >= 4 is 12.2 Å². The molecule has 5 rings (SSSR count). The number of alkyl carbamates (subject to hydrolysis) is 1. The smallest absolute Gasteiger partial charge is 0.409 e. The predicted octanol–water partition coefficient (Wildman–Crippen LogP) is 4.11. The van der Waals surface area contributed by atoms with Gasteiger partial charge in [-0.15, -0.1) is 0 Å². The van der Waals surface area contributed by atoms with Crippen molar-refractivity contribution in [2.45, 2.75) is 76.2 Å². The fourth-order valence-electron chi connectivity index (χ4n) is 6.63. The second-order valence-electron chi connectivity index (χ2n) is 10.3. The molecule has 0 radical (unpaired) electrons. The highest BCUT2D eigenvalue weighted by molar-refractivity contribution is 5.68. The Bertz CT molecular complexity index is 1140. The van der Waals surface area contributed by atoms with Crippen LogP contribution < -0.4 is 5.32 Å². The van der Waals surface area contributed by atoms with Crippen LogP contribution in [0, 0.1) is 12.7 Å². The molecule has 0 spiro atoms. The molecule has 0 aliphatic carbocycles. The summed E-state index contributed by atoms with van der Waals surface area (Å²) in [5.74, 6) is 0.697. The molecule has 4 atom stereocenters. The number of amides is 2. The quantitative estimate of drug-likeness (QED) is 0.626. The number of ether oxygens (including phenoxy) is 2. The summed E-state index contributed by atoms with van der Waals surface area (Å²) in [5, 5.41) is 2.88. The molecule has 37 heavy (non-hydrogen) atoms. The molecule has 2 bridgehead atoms. The lowest BCUT2D eigenvalue weighted by Crippen LogP contribution is -2.45. The van der Waals surface area contributed by atoms with E-state index in [1.807, 2.05) is 6.07 Å². The Balaban J connectivity index is 1.28. The summed E-state index contributed by atoms with van der Waals surface area (Å²) in [6.45, 7) is 4.04. The van der Waals surface area contributed by atoms with Crippen LogP contribution in [0.1, 0.15) is 67.0 Å². The monoisotopic (exact) mass is 513 g/mol. The van der Waals surface area contributed by atoms with Crippen molar-refractivity contribution in [3.8, 4) is 0 Å². The van der Waals surface area contributed by atoms with Gasteiger partial charge in [-0.25, -0.2) is 19.0 Å². The fraction of sp³-hybridized carbons (Fsp3) is 0.593. The Morgan fingerprint density at radius 3 is 2.59 bits per heavy atom. The number of carbonyl (C=O) groups excluding carboxylic acids is 2. The lowest BCUT2D eigenvalue weighted by Gasteiger charge is -2.41. The molecule has 3 aliphatic heterocycles. The molecule has 200 valence electrons. The SMILES string of the molecule is COC(=O)N[C@@H](CCN1[C@@H]2CC[C@H]1C[C@@H](n1c(C)nc3c1CN(C(=O)OC)CC3)C2)c1cccc(F)c1. The van der Waals surface area contributed by atoms with Gasteiger partial charge in [-0.05, 0) is 56.7 Å². The van der Waals surface area contributed by atoms with Gasteiger partial charge in [-0.1, -0.05) is 12.1 Å². The third-order valence-corrected chi connectivity index (χ3v) is 8.29. The Kier molecular flexibility index (Phi) is 7.37. The number of methoxy groups -OCH3 is 2. The summed E-state index contributed by atoms with van der Waals surface area (Å²) in [4.78, 5) is 33.4. The summed E-state index contributed by atoms with van der Waals surface area (Å²) in [5.41, 5.74) is 2.98. The molecule has 3 aliphatic rings. The number of imidazole rings is 1. The van der Waals surface area contributed by atoms with Gasteiger partial charge in [0.1, 0.15) is 11.6 Å². The van der Waals surface area contributed by atoms with Crippen LogP contribution in [0.4, 0.5) is 14.0 Å². The van der Waals surface area contributed by atoms with Gasteiger partial charge >= 0.3 is 12.2 Å². The van der Waals surface area contributed by atoms with Gasteiger partial charge in [0.25, 0.3) is 0 Å². The van der Waals surface area contributed by atoms with Crippen LogP contribution in [-0.4, -0.2) is 70.9 Å². The van der Waals surface area contributed by atoms with E-state index in [0.29, 0.717) is 37.6 Å². The van der Waals surface area contributed by atoms with Gasteiger partial charge in [-0.2, -0.15) is 0 Å². The van der Waals surface area contributed by atoms with Crippen LogP contribution in [0.25, 0.3) is 0 Å². The molecule has 1 N–H and O–H groups in total. The van der Waals surface area contributed by atoms with Crippen LogP contribution in [0.2, 0.25) is 0 Å². The van der Waals surface area contributed by atoms with Gasteiger partial charge in [0, 0.05) is 37.6 Å². The van der Waals surface area contributed by atoms with Crippen molar-refractivity contribution in [3.05, 3.63) is 52.9 Å². The fourth-order valence-corrected chi connectivity index (χ4v) is 6.63. The third-order valence-electron chi connectivity index (χ3n) is 8.29. The number of aromatic nitrogens is 2. The van der Waals surface area contributed by atoms with E-state index in [2.05, 4.69) is 21.7 Å². The summed E-state index contributed by atoms with van der Waals surface area (Å²) < 4.78 is 26.1. The van der Waals surface area contributed by atoms with E-state index in [-0.39, 0.29) is 18.0 Å². The Labute approximate surface area is 216 Å². The van der Waals surface area contributed by atoms with E-state index in [1.54, 1.807) is 11.0 Å². The number of carbonyl (C=O) groups is 2. The van der Waals surface area contributed by atoms with Crippen LogP contribution in [0.15, 0.2) is 24.3 Å². The molecule has 2 amide bonds. The third kappa shape index (κ3) is 5.16. The van der Waals surface area contributed by atoms with Crippen molar-refractivity contribution in [1.82, 2.24) is 24.7 Å². The number of halogens is 1. The first-order valence-electron chi connectivity index (χ1n) is 13.1. The normalized spacial score (nSPS) is 23.9. The maximum atomic E-state index is 13.9. The highest BCUT2D eigenvalue weighted by Crippen LogP contribution is 2.43. The van der Waals surface area contributed by atoms with Crippen molar-refractivity contribution in [3.63, 3.8) is 0 Å². The lowest BCUT2D eigenvalue weighted by atomic mass is 9.95. The van der Waals surface area contributed by atoms with E-state index in [0.717, 1.165) is 61.4 Å². The van der Waals surface area contributed by atoms with Gasteiger partial charge in [-0.3, -0.25) is 4.90 Å². The Hall–Kier alpha value is -3.14. The van der Waals surface area contributed by atoms with Gasteiger partial charge < -0.3 is 24.3 Å². The molecule has 4 heterocycles. The van der Waals surface area contributed by atoms with Gasteiger partial charge in [0.2, 0.25) is 0 Å². The average molecular weight is 514 g/mol. The molecule has 2 saturated heterocycles. The standard InChI is InChI=1S/C27H36FN5O4/c1-17-29-24-9-11-31(27(35)37-3)16-25(24)33(17)22-14-20-7-8-21(15-22)32(20)12-10-23(30-26(34)36-2)18-5-4-6-19(28)13-18/h4-6,13,20-23H,7-12,14-16H2,1-3H3,(H,30,34)/t20-,21+,22+,23-/m0/s1. The number of benzene rings is 1. The number of hydrogen-bond acceptors (Lipinski definition) is 6. The predicted molar refractivity (Wildman–Crippen MR) is 135 cm³/mol. The molecule has 10 heteroatoms. The summed E-state index contributed by atoms with van der Waals surface area (Å²) >= 11 is 0. The number of aryl methyl sites for hydroxylation is 1. The summed E-state index contributed by atoms with van der Waals surface area (Å²) in [6, 6.07) is 7.28. The first kappa shape index (κ1) is 25.5. The van der Waals surface area contributed by atoms with Crippen LogP contribution in [0.3, 0.4) is 0 Å². The number of rotatable bonds is 6. The maximum Gasteiger partial charge on any atom is 0.409 e. The first-order chi connectivity index (χ1) is 17.9. The van der Waals surface area contributed by atoms with Crippen molar-refractivity contribution < 1.29 is 23.5 Å². The van der Waals surface area contributed by atoms with Crippen molar-refractivity contribution in [1.29, 1.82) is 0 Å². The Morgan fingerprint density at radius 1 is 1.16 bits per heavy atom. The van der Waals surface area contributed by atoms with Crippen molar-refractivity contribution in [2.24, 2.45) is 0 Å². The summed E-state index contributed by atoms with van der Waals surface area (Å²) in [6.07, 6.45) is 4.93. The second-order valence-corrected chi connectivity index (χ2v) is 10.3. The maximum absolute atomic E-state index is 13.9. The van der Waals surface area contributed by atoms with Crippen LogP contribution in [0.5, 0.6) is 0 Å². The van der Waals surface area contributed by atoms with E-state index in [1.165, 1.54) is 26.4 Å². The molecule has 2 fully saturated rings. The number of nitrogens with one attached hydrogen (secondary N) is 1. The highest BCUT2D eigenvalue weighted by Gasteiger charge is 2.42. The number of hydrogen-bond donors (Lipinski definition) is 1. The van der Waals surface area contributed by atoms with Gasteiger partial charge in [0.05, 0.1) is 38.2 Å². The number of fused-ring (bicyclic) bond motifs is 3. The molecular weight excluding hydrogens is 477 g/mol. The van der Waals surface area contributed by atoms with Crippen LogP contribution in [-0.2, 0) is 22.4 Å². The lowest BCUT2D eigenvalue weighted by molar-refractivity contribution is 0.0956. The van der Waals surface area contributed by atoms with E-state index >= 15 is 0 Å². The topological polar surface area (TPSA) is 88.9 Å². The minimum Gasteiger partial charge on any atom is -0.453 e. The molecular formula is C27H36FN5O4. The molecule has 1 aromatic heterocycles. The zero-order chi connectivity index (χ0) is 26.1. The van der Waals surface area contributed by atoms with E-state index in [4.69, 9.17) is 14.5 Å². The molecule has 0 unspecified atom stereocenters. The zero-order valence-corrected chi connectivity index (χ0v) is 21.8. The Morgan fingerprint density at radius 2 is 1.92 bits per heavy atom. The zero-order valence-electron chi connectivity index (χ0n) is 21.8. The first-order valence-corrected chi connectivity index (χ1v) is 13.1. The molecule has 2 aromatic rings. The number of nitrogens with zero attached hydrogens (tertiary/aromatic N) is 4. The second kappa shape index (κ2) is 10.7. The molecule has 1 aromatic carbocycles. The minimum atomic E-state index is -0.516. The van der Waals surface area contributed by atoms with Gasteiger partial charge in [0.15, 0.2) is 0 Å². The minimum absolute atomic E-state index is 0.292. The van der Waals surface area contributed by atoms with Crippen molar-refractivity contribution in [2.75, 3.05) is 27.3 Å². The average Bonchev–Trinajstić information content (AvgIpc) is 3.35. The largest absolute Gasteiger partial charge is 0.453 e. The van der Waals surface area contributed by atoms with E-state index < -0.39 is 6.09 Å². The number of piperidine rings is 1.